The number of piperidine rings is 1. The van der Waals surface area contributed by atoms with Gasteiger partial charge in [0.05, 0.1) is 12.1 Å². The molecule has 2 fully saturated rings. The Morgan fingerprint density at radius 2 is 1.97 bits per heavy atom. The number of benzene rings is 1. The average Bonchev–Trinajstić information content (AvgIpc) is 3.22. The van der Waals surface area contributed by atoms with Crippen molar-refractivity contribution in [1.29, 1.82) is 0 Å². The van der Waals surface area contributed by atoms with Crippen LogP contribution in [-0.4, -0.2) is 65.2 Å². The summed E-state index contributed by atoms with van der Waals surface area (Å²) in [5.74, 6) is 1.94. The van der Waals surface area contributed by atoms with Gasteiger partial charge in [0.2, 0.25) is 11.8 Å². The van der Waals surface area contributed by atoms with Gasteiger partial charge in [0.15, 0.2) is 0 Å². The molecule has 1 amide bonds. The molecule has 5 atom stereocenters. The van der Waals surface area contributed by atoms with Gasteiger partial charge in [-0.1, -0.05) is 37.5 Å². The number of aliphatic imine (C=N–C) groups is 1. The lowest BCUT2D eigenvalue weighted by atomic mass is 9.72. The molecule has 0 spiro atoms. The summed E-state index contributed by atoms with van der Waals surface area (Å²) in [5, 5.41) is 14.3. The molecule has 6 heteroatoms. The minimum atomic E-state index is -0.665. The van der Waals surface area contributed by atoms with Gasteiger partial charge in [-0.2, -0.15) is 0 Å². The van der Waals surface area contributed by atoms with E-state index in [0.717, 1.165) is 24.1 Å². The minimum Gasteiger partial charge on any atom is -0.475 e. The van der Waals surface area contributed by atoms with Crippen LogP contribution >= 0.6 is 0 Å². The maximum Gasteiger partial charge on any atom is 0.237 e. The zero-order valence-corrected chi connectivity index (χ0v) is 20.0. The topological polar surface area (TPSA) is 74.2 Å². The predicted octanol–water partition coefficient (Wildman–Crippen LogP) is 3.30. The second-order valence-corrected chi connectivity index (χ2v) is 10.9. The summed E-state index contributed by atoms with van der Waals surface area (Å²) >= 11 is 0. The molecule has 0 aromatic heterocycles. The summed E-state index contributed by atoms with van der Waals surface area (Å²) < 4.78 is 5.86. The van der Waals surface area contributed by atoms with Gasteiger partial charge in [0, 0.05) is 24.2 Å². The molecule has 4 rings (SSSR count). The Hall–Kier alpha value is -1.92. The normalized spacial score (nSPS) is 29.6. The summed E-state index contributed by atoms with van der Waals surface area (Å²) in [6.07, 6.45) is 5.22. The number of rotatable bonds is 5. The number of carbonyl (C=O) groups excluding carboxylic acids is 1. The molecular weight excluding hydrogens is 402 g/mol. The quantitative estimate of drug-likeness (QED) is 0.735. The maximum atomic E-state index is 13.2. The number of ether oxygens (including phenoxy) is 1. The Kier molecular flexibility index (Phi) is 6.91. The molecular formula is C26H39N3O3. The Morgan fingerprint density at radius 3 is 2.69 bits per heavy atom. The standard InChI is InChI=1S/C26H39N3O3/c1-17-9-5-8-12-20(17)25-27-21(16-32-25)23(30)15-29-14-19-11-7-6-10-18(19)13-22(29)24(31)28-26(2,3)4/h5,8-9,12,18-19,21-23,30H,6-7,10-11,13-16H2,1-4H3,(H,28,31)/t18-,19+,21-,22-,23+/m0/s1. The number of nitrogens with one attached hydrogen (secondary N) is 1. The van der Waals surface area contributed by atoms with Crippen molar-refractivity contribution < 1.29 is 14.6 Å². The van der Waals surface area contributed by atoms with Crippen molar-refractivity contribution in [2.75, 3.05) is 19.7 Å². The smallest absolute Gasteiger partial charge is 0.237 e. The van der Waals surface area contributed by atoms with Gasteiger partial charge in [-0.3, -0.25) is 9.69 Å². The zero-order valence-electron chi connectivity index (χ0n) is 20.0. The van der Waals surface area contributed by atoms with Crippen LogP contribution < -0.4 is 5.32 Å². The van der Waals surface area contributed by atoms with Gasteiger partial charge in [-0.15, -0.1) is 0 Å². The van der Waals surface area contributed by atoms with Crippen molar-refractivity contribution in [2.24, 2.45) is 16.8 Å². The first-order valence-electron chi connectivity index (χ1n) is 12.2. The highest BCUT2D eigenvalue weighted by Gasteiger charge is 2.42. The summed E-state index contributed by atoms with van der Waals surface area (Å²) in [6, 6.07) is 7.52. The number of amides is 1. The third-order valence-electron chi connectivity index (χ3n) is 7.22. The average molecular weight is 442 g/mol. The van der Waals surface area contributed by atoms with Crippen molar-refractivity contribution in [2.45, 2.75) is 83.5 Å². The van der Waals surface area contributed by atoms with Crippen molar-refractivity contribution in [3.8, 4) is 0 Å². The largest absolute Gasteiger partial charge is 0.475 e. The number of hydrogen-bond donors (Lipinski definition) is 2. The molecule has 2 N–H and O–H groups in total. The van der Waals surface area contributed by atoms with E-state index in [1.807, 2.05) is 52.0 Å². The number of aliphatic hydroxyl groups excluding tert-OH is 1. The van der Waals surface area contributed by atoms with E-state index in [0.29, 0.717) is 30.9 Å². The fraction of sp³-hybridized carbons (Fsp3) is 0.692. The molecule has 1 saturated carbocycles. The van der Waals surface area contributed by atoms with Crippen LogP contribution in [0.3, 0.4) is 0 Å². The molecule has 32 heavy (non-hydrogen) atoms. The number of nitrogens with zero attached hydrogens (tertiary/aromatic N) is 2. The number of likely N-dealkylation sites (tertiary alicyclic amines) is 1. The molecule has 2 heterocycles. The molecule has 176 valence electrons. The lowest BCUT2D eigenvalue weighted by Crippen LogP contribution is -2.59. The number of hydrogen-bond acceptors (Lipinski definition) is 5. The Bertz CT molecular complexity index is 847. The van der Waals surface area contributed by atoms with Gasteiger partial charge >= 0.3 is 0 Å². The van der Waals surface area contributed by atoms with Gasteiger partial charge in [-0.05, 0) is 64.0 Å². The summed E-state index contributed by atoms with van der Waals surface area (Å²) in [4.78, 5) is 20.1. The molecule has 0 bridgehead atoms. The van der Waals surface area contributed by atoms with E-state index in [-0.39, 0.29) is 23.5 Å². The van der Waals surface area contributed by atoms with Crippen LogP contribution in [0.1, 0.15) is 64.0 Å². The number of carbonyl (C=O) groups is 1. The van der Waals surface area contributed by atoms with Crippen LogP contribution in [0, 0.1) is 18.8 Å². The molecule has 3 aliphatic rings. The summed E-state index contributed by atoms with van der Waals surface area (Å²) in [5.41, 5.74) is 1.82. The molecule has 6 nitrogen and oxygen atoms in total. The maximum absolute atomic E-state index is 13.2. The molecule has 1 aromatic carbocycles. The highest BCUT2D eigenvalue weighted by Crippen LogP contribution is 2.39. The molecule has 1 aromatic rings. The lowest BCUT2D eigenvalue weighted by Gasteiger charge is -2.46. The highest BCUT2D eigenvalue weighted by atomic mass is 16.5. The Labute approximate surface area is 192 Å². The van der Waals surface area contributed by atoms with Crippen molar-refractivity contribution in [3.63, 3.8) is 0 Å². The fourth-order valence-corrected chi connectivity index (χ4v) is 5.54. The first kappa shape index (κ1) is 23.2. The van der Waals surface area contributed by atoms with E-state index in [1.165, 1.54) is 25.7 Å². The van der Waals surface area contributed by atoms with Crippen molar-refractivity contribution in [1.82, 2.24) is 10.2 Å². The Balaban J connectivity index is 1.47. The van der Waals surface area contributed by atoms with Crippen LogP contribution in [0.5, 0.6) is 0 Å². The van der Waals surface area contributed by atoms with E-state index in [9.17, 15) is 9.90 Å². The molecule has 1 saturated heterocycles. The van der Waals surface area contributed by atoms with Crippen LogP contribution in [0.4, 0.5) is 0 Å². The summed E-state index contributed by atoms with van der Waals surface area (Å²) in [7, 11) is 0. The van der Waals surface area contributed by atoms with Gasteiger partial charge < -0.3 is 15.2 Å². The predicted molar refractivity (Wildman–Crippen MR) is 127 cm³/mol. The van der Waals surface area contributed by atoms with Crippen molar-refractivity contribution >= 4 is 11.8 Å². The molecule has 0 unspecified atom stereocenters. The Morgan fingerprint density at radius 1 is 1.25 bits per heavy atom. The molecule has 0 radical (unpaired) electrons. The van der Waals surface area contributed by atoms with E-state index in [4.69, 9.17) is 9.73 Å². The molecule has 2 aliphatic heterocycles. The number of β-amino-alcohol motifs (C(OH)–C–C–N with tert-alkyl or cyclic N) is 1. The van der Waals surface area contributed by atoms with Crippen LogP contribution in [0.15, 0.2) is 29.3 Å². The third-order valence-corrected chi connectivity index (χ3v) is 7.22. The van der Waals surface area contributed by atoms with E-state index in [1.54, 1.807) is 0 Å². The van der Waals surface area contributed by atoms with Gasteiger partial charge in [0.25, 0.3) is 0 Å². The van der Waals surface area contributed by atoms with Crippen LogP contribution in [0.2, 0.25) is 0 Å². The zero-order chi connectivity index (χ0) is 22.9. The third kappa shape index (κ3) is 5.34. The van der Waals surface area contributed by atoms with Crippen LogP contribution in [0.25, 0.3) is 0 Å². The first-order valence-corrected chi connectivity index (χ1v) is 12.2. The SMILES string of the molecule is Cc1ccccc1C1=N[C@H]([C@H](O)CN2C[C@H]3CCCC[C@H]3C[C@H]2C(=O)NC(C)(C)C)CO1. The van der Waals surface area contributed by atoms with E-state index < -0.39 is 6.10 Å². The fourth-order valence-electron chi connectivity index (χ4n) is 5.54. The second-order valence-electron chi connectivity index (χ2n) is 10.9. The highest BCUT2D eigenvalue weighted by molar-refractivity contribution is 5.96. The van der Waals surface area contributed by atoms with Crippen molar-refractivity contribution in [3.05, 3.63) is 35.4 Å². The lowest BCUT2D eigenvalue weighted by molar-refractivity contribution is -0.132. The van der Waals surface area contributed by atoms with Gasteiger partial charge in [0.1, 0.15) is 12.6 Å². The van der Waals surface area contributed by atoms with Gasteiger partial charge in [-0.25, -0.2) is 4.99 Å². The van der Waals surface area contributed by atoms with E-state index >= 15 is 0 Å². The minimum absolute atomic E-state index is 0.0838. The number of aliphatic hydroxyl groups is 1. The van der Waals surface area contributed by atoms with Crippen LogP contribution in [-0.2, 0) is 9.53 Å². The summed E-state index contributed by atoms with van der Waals surface area (Å²) in [6.45, 7) is 9.81. The monoisotopic (exact) mass is 441 g/mol. The molecule has 1 aliphatic carbocycles. The number of fused-ring (bicyclic) bond motifs is 1. The van der Waals surface area contributed by atoms with E-state index in [2.05, 4.69) is 10.2 Å². The second kappa shape index (κ2) is 9.52. The first-order chi connectivity index (χ1) is 15.2. The number of aryl methyl sites for hydroxylation is 1.